The number of aliphatic imine (C=N–C) groups is 1. The summed E-state index contributed by atoms with van der Waals surface area (Å²) in [6, 6.07) is 10.4. The lowest BCUT2D eigenvalue weighted by atomic mass is 10.0. The summed E-state index contributed by atoms with van der Waals surface area (Å²) in [4.78, 5) is 18.1. The lowest BCUT2D eigenvalue weighted by Gasteiger charge is -2.35. The van der Waals surface area contributed by atoms with Crippen molar-refractivity contribution in [3.05, 3.63) is 65.5 Å². The number of benzene rings is 2. The van der Waals surface area contributed by atoms with Crippen molar-refractivity contribution in [3.8, 4) is 0 Å². The first-order valence-corrected chi connectivity index (χ1v) is 9.56. The maximum atomic E-state index is 13.0. The minimum Gasteiger partial charge on any atom is -0.370 e. The Labute approximate surface area is 200 Å². The van der Waals surface area contributed by atoms with Crippen LogP contribution in [-0.4, -0.2) is 50.1 Å². The molecule has 0 radical (unpaired) electrons. The summed E-state index contributed by atoms with van der Waals surface area (Å²) in [7, 11) is 1.55. The molecular formula is C21H23F4IN4O2. The summed E-state index contributed by atoms with van der Waals surface area (Å²) < 4.78 is 57.7. The molecule has 1 heterocycles. The fourth-order valence-corrected chi connectivity index (χ4v) is 3.19. The van der Waals surface area contributed by atoms with Crippen LogP contribution in [0.4, 0.5) is 23.2 Å². The molecule has 6 nitrogen and oxygen atoms in total. The van der Waals surface area contributed by atoms with Gasteiger partial charge in [-0.25, -0.2) is 4.39 Å². The van der Waals surface area contributed by atoms with Crippen LogP contribution >= 0.6 is 24.0 Å². The Bertz CT molecular complexity index is 938. The van der Waals surface area contributed by atoms with Crippen molar-refractivity contribution in [2.24, 2.45) is 4.99 Å². The van der Waals surface area contributed by atoms with Crippen LogP contribution in [0.3, 0.4) is 0 Å². The van der Waals surface area contributed by atoms with E-state index in [1.807, 2.05) is 4.90 Å². The van der Waals surface area contributed by atoms with Crippen LogP contribution in [0.1, 0.15) is 17.2 Å². The molecule has 0 aromatic heterocycles. The minimum atomic E-state index is -4.43. The monoisotopic (exact) mass is 566 g/mol. The number of nitrogens with one attached hydrogen (secondary N) is 2. The van der Waals surface area contributed by atoms with Gasteiger partial charge in [0, 0.05) is 19.3 Å². The number of amides is 1. The first-order chi connectivity index (χ1) is 14.8. The molecule has 3 rings (SSSR count). The fourth-order valence-electron chi connectivity index (χ4n) is 3.19. The van der Waals surface area contributed by atoms with Crippen LogP contribution in [0.2, 0.25) is 0 Å². The van der Waals surface area contributed by atoms with Gasteiger partial charge in [0.25, 0.3) is 0 Å². The van der Waals surface area contributed by atoms with Gasteiger partial charge in [-0.15, -0.1) is 24.0 Å². The highest BCUT2D eigenvalue weighted by atomic mass is 127. The normalized spacial score (nSPS) is 16.8. The number of guanidine groups is 1. The molecule has 11 heteroatoms. The summed E-state index contributed by atoms with van der Waals surface area (Å²) in [6.07, 6.45) is -5.00. The summed E-state index contributed by atoms with van der Waals surface area (Å²) in [5.41, 5.74) is 0.147. The Kier molecular flexibility index (Phi) is 9.25. The van der Waals surface area contributed by atoms with Crippen LogP contribution < -0.4 is 10.6 Å². The van der Waals surface area contributed by atoms with Gasteiger partial charge in [0.2, 0.25) is 5.91 Å². The van der Waals surface area contributed by atoms with E-state index in [2.05, 4.69) is 15.6 Å². The standard InChI is InChI=1S/C21H22F4N4O2.HI/c1-26-20(27-12-19(30)28-17-7-5-16(22)6-8-17)29-9-10-31-18(13-29)14-3-2-4-15(11-14)21(23,24)25;/h2-8,11,18H,9-10,12-13H2,1H3,(H,26,27)(H,28,30);1H. The van der Waals surface area contributed by atoms with E-state index >= 15 is 0 Å². The zero-order valence-corrected chi connectivity index (χ0v) is 19.5. The molecule has 1 amide bonds. The molecule has 0 bridgehead atoms. The quantitative estimate of drug-likeness (QED) is 0.254. The molecular weight excluding hydrogens is 543 g/mol. The van der Waals surface area contributed by atoms with E-state index in [1.54, 1.807) is 13.1 Å². The van der Waals surface area contributed by atoms with Crippen LogP contribution in [0, 0.1) is 5.82 Å². The zero-order valence-electron chi connectivity index (χ0n) is 17.2. The van der Waals surface area contributed by atoms with E-state index < -0.39 is 23.7 Å². The number of hydrogen-bond acceptors (Lipinski definition) is 3. The maximum absolute atomic E-state index is 13.0. The van der Waals surface area contributed by atoms with Crippen molar-refractivity contribution in [1.82, 2.24) is 10.2 Å². The van der Waals surface area contributed by atoms with E-state index in [4.69, 9.17) is 4.74 Å². The molecule has 1 saturated heterocycles. The number of ether oxygens (including phenoxy) is 1. The largest absolute Gasteiger partial charge is 0.416 e. The third-order valence-electron chi connectivity index (χ3n) is 4.70. The Hall–Kier alpha value is -2.41. The molecule has 2 N–H and O–H groups in total. The number of nitrogens with zero attached hydrogens (tertiary/aromatic N) is 2. The number of halogens is 5. The molecule has 1 unspecified atom stereocenters. The molecule has 0 saturated carbocycles. The van der Waals surface area contributed by atoms with Gasteiger partial charge in [-0.05, 0) is 42.0 Å². The van der Waals surface area contributed by atoms with E-state index in [0.29, 0.717) is 30.4 Å². The third kappa shape index (κ3) is 7.05. The first kappa shape index (κ1) is 25.8. The molecule has 1 aliphatic heterocycles. The van der Waals surface area contributed by atoms with Crippen molar-refractivity contribution in [2.75, 3.05) is 38.6 Å². The molecule has 0 aliphatic carbocycles. The molecule has 1 fully saturated rings. The highest BCUT2D eigenvalue weighted by Crippen LogP contribution is 2.32. The number of carbonyl (C=O) groups excluding carboxylic acids is 1. The Morgan fingerprint density at radius 2 is 1.94 bits per heavy atom. The highest BCUT2D eigenvalue weighted by molar-refractivity contribution is 14.0. The van der Waals surface area contributed by atoms with Gasteiger partial charge in [-0.3, -0.25) is 9.79 Å². The van der Waals surface area contributed by atoms with Crippen molar-refractivity contribution in [3.63, 3.8) is 0 Å². The molecule has 1 atom stereocenters. The maximum Gasteiger partial charge on any atom is 0.416 e. The first-order valence-electron chi connectivity index (χ1n) is 9.56. The number of anilines is 1. The molecule has 0 spiro atoms. The summed E-state index contributed by atoms with van der Waals surface area (Å²) in [6.45, 7) is 0.953. The smallest absolute Gasteiger partial charge is 0.370 e. The second kappa shape index (κ2) is 11.5. The van der Waals surface area contributed by atoms with Crippen molar-refractivity contribution < 1.29 is 27.1 Å². The lowest BCUT2D eigenvalue weighted by molar-refractivity contribution is -0.137. The average Bonchev–Trinajstić information content (AvgIpc) is 2.75. The van der Waals surface area contributed by atoms with Gasteiger partial charge in [0.15, 0.2) is 5.96 Å². The third-order valence-corrected chi connectivity index (χ3v) is 4.70. The highest BCUT2D eigenvalue weighted by Gasteiger charge is 2.32. The van der Waals surface area contributed by atoms with Crippen LogP contribution in [0.5, 0.6) is 0 Å². The minimum absolute atomic E-state index is 0. The van der Waals surface area contributed by atoms with Crippen molar-refractivity contribution in [2.45, 2.75) is 12.3 Å². The Morgan fingerprint density at radius 3 is 2.59 bits per heavy atom. The number of carbonyl (C=O) groups is 1. The molecule has 174 valence electrons. The van der Waals surface area contributed by atoms with Crippen LogP contribution in [-0.2, 0) is 15.7 Å². The number of alkyl halides is 3. The van der Waals surface area contributed by atoms with E-state index in [9.17, 15) is 22.4 Å². The van der Waals surface area contributed by atoms with Gasteiger partial charge in [-0.2, -0.15) is 13.2 Å². The molecule has 2 aromatic carbocycles. The topological polar surface area (TPSA) is 66.0 Å². The van der Waals surface area contributed by atoms with Crippen molar-refractivity contribution in [1.29, 1.82) is 0 Å². The summed E-state index contributed by atoms with van der Waals surface area (Å²) >= 11 is 0. The Balaban J connectivity index is 0.00000363. The lowest BCUT2D eigenvalue weighted by Crippen LogP contribution is -2.49. The number of morpholine rings is 1. The van der Waals surface area contributed by atoms with E-state index in [1.165, 1.54) is 30.3 Å². The summed E-state index contributed by atoms with van der Waals surface area (Å²) in [5, 5.41) is 5.57. The number of rotatable bonds is 4. The number of hydrogen-bond donors (Lipinski definition) is 2. The van der Waals surface area contributed by atoms with Gasteiger partial charge in [-0.1, -0.05) is 12.1 Å². The van der Waals surface area contributed by atoms with Crippen LogP contribution in [0.25, 0.3) is 0 Å². The van der Waals surface area contributed by atoms with Crippen LogP contribution in [0.15, 0.2) is 53.5 Å². The predicted octanol–water partition coefficient (Wildman–Crippen LogP) is 4.05. The van der Waals surface area contributed by atoms with Gasteiger partial charge in [0.1, 0.15) is 11.9 Å². The SMILES string of the molecule is CN=C(NCC(=O)Nc1ccc(F)cc1)N1CCOC(c2cccc(C(F)(F)F)c2)C1.I. The second-order valence-corrected chi connectivity index (χ2v) is 6.88. The molecule has 1 aliphatic rings. The zero-order chi connectivity index (χ0) is 22.4. The van der Waals surface area contributed by atoms with Crippen molar-refractivity contribution >= 4 is 41.5 Å². The predicted molar refractivity (Wildman–Crippen MR) is 124 cm³/mol. The van der Waals surface area contributed by atoms with Gasteiger partial charge >= 0.3 is 6.18 Å². The van der Waals surface area contributed by atoms with Gasteiger partial charge in [0.05, 0.1) is 25.3 Å². The fraction of sp³-hybridized carbons (Fsp3) is 0.333. The van der Waals surface area contributed by atoms with E-state index in [0.717, 1.165) is 12.1 Å². The molecule has 2 aromatic rings. The second-order valence-electron chi connectivity index (χ2n) is 6.88. The molecule has 32 heavy (non-hydrogen) atoms. The van der Waals surface area contributed by atoms with E-state index in [-0.39, 0.29) is 43.0 Å². The Morgan fingerprint density at radius 1 is 1.22 bits per heavy atom. The average molecular weight is 566 g/mol. The van der Waals surface area contributed by atoms with Gasteiger partial charge < -0.3 is 20.3 Å². The summed E-state index contributed by atoms with van der Waals surface area (Å²) in [5.74, 6) is -0.329.